The van der Waals surface area contributed by atoms with Crippen LogP contribution in [0.5, 0.6) is 0 Å². The van der Waals surface area contributed by atoms with E-state index >= 15 is 0 Å². The van der Waals surface area contributed by atoms with Gasteiger partial charge in [0.2, 0.25) is 0 Å². The summed E-state index contributed by atoms with van der Waals surface area (Å²) in [5, 5.41) is 11.9. The van der Waals surface area contributed by atoms with Crippen molar-refractivity contribution in [2.24, 2.45) is 0 Å². The number of hydrogen-bond acceptors (Lipinski definition) is 2. The molecule has 1 atom stereocenters. The largest absolute Gasteiger partial charge is 0.395 e. The molecule has 71 valence electrons. The van der Waals surface area contributed by atoms with Gasteiger partial charge in [-0.1, -0.05) is 31.2 Å². The normalized spacial score (nSPS) is 12.8. The molecular weight excluding hydrogens is 162 g/mol. The average molecular weight is 178 g/mol. The van der Waals surface area contributed by atoms with Crippen LogP contribution in [0, 0.1) is 6.07 Å². The highest BCUT2D eigenvalue weighted by Gasteiger charge is 2.06. The van der Waals surface area contributed by atoms with Gasteiger partial charge in [0.1, 0.15) is 0 Å². The van der Waals surface area contributed by atoms with Crippen molar-refractivity contribution < 1.29 is 5.11 Å². The first kappa shape index (κ1) is 10.2. The predicted octanol–water partition coefficient (Wildman–Crippen LogP) is 1.52. The maximum absolute atomic E-state index is 8.68. The Hall–Kier alpha value is -0.860. The molecule has 0 fully saturated rings. The quantitative estimate of drug-likeness (QED) is 0.716. The second-order valence-corrected chi connectivity index (χ2v) is 2.96. The molecule has 0 aliphatic heterocycles. The second-order valence-electron chi connectivity index (χ2n) is 2.96. The summed E-state index contributed by atoms with van der Waals surface area (Å²) < 4.78 is 0. The molecule has 0 bridgehead atoms. The number of nitrogens with one attached hydrogen (secondary N) is 1. The van der Waals surface area contributed by atoms with Crippen molar-refractivity contribution >= 4 is 0 Å². The lowest BCUT2D eigenvalue weighted by atomic mass is 10.1. The molecule has 0 aliphatic carbocycles. The number of hydrogen-bond donors (Lipinski definition) is 2. The minimum atomic E-state index is 0.184. The van der Waals surface area contributed by atoms with Crippen LogP contribution in [0.4, 0.5) is 0 Å². The molecule has 0 saturated carbocycles. The zero-order valence-corrected chi connectivity index (χ0v) is 7.96. The molecule has 0 amide bonds. The Morgan fingerprint density at radius 1 is 1.54 bits per heavy atom. The van der Waals surface area contributed by atoms with Gasteiger partial charge in [0.25, 0.3) is 0 Å². The third kappa shape index (κ3) is 3.17. The van der Waals surface area contributed by atoms with Crippen molar-refractivity contribution in [2.45, 2.75) is 19.4 Å². The third-order valence-corrected chi connectivity index (χ3v) is 2.02. The SMILES string of the molecule is CCC(NCCO)c1[c]cccc1. The second kappa shape index (κ2) is 5.73. The van der Waals surface area contributed by atoms with E-state index in [1.54, 1.807) is 0 Å². The summed E-state index contributed by atoms with van der Waals surface area (Å²) in [4.78, 5) is 0. The summed E-state index contributed by atoms with van der Waals surface area (Å²) in [6, 6.07) is 11.4. The van der Waals surface area contributed by atoms with E-state index in [4.69, 9.17) is 5.11 Å². The van der Waals surface area contributed by atoms with E-state index in [1.165, 1.54) is 5.56 Å². The van der Waals surface area contributed by atoms with Gasteiger partial charge in [-0.25, -0.2) is 0 Å². The Labute approximate surface area is 79.6 Å². The van der Waals surface area contributed by atoms with Crippen LogP contribution < -0.4 is 5.32 Å². The van der Waals surface area contributed by atoms with Gasteiger partial charge in [0.05, 0.1) is 6.61 Å². The standard InChI is InChI=1S/C11H16NO/c1-2-11(12-8-9-13)10-6-4-3-5-7-10/h3-6,11-13H,2,8-9H2,1H3. The first-order chi connectivity index (χ1) is 6.38. The maximum Gasteiger partial charge on any atom is 0.0556 e. The molecular formula is C11H16NO. The lowest BCUT2D eigenvalue weighted by molar-refractivity contribution is 0.283. The van der Waals surface area contributed by atoms with Crippen molar-refractivity contribution in [2.75, 3.05) is 13.2 Å². The van der Waals surface area contributed by atoms with Gasteiger partial charge in [-0.15, -0.1) is 0 Å². The Kier molecular flexibility index (Phi) is 4.50. The number of rotatable bonds is 5. The van der Waals surface area contributed by atoms with Crippen LogP contribution in [0.2, 0.25) is 0 Å². The molecule has 0 saturated heterocycles. The Morgan fingerprint density at radius 2 is 2.38 bits per heavy atom. The molecule has 2 N–H and O–H groups in total. The Balaban J connectivity index is 2.56. The van der Waals surface area contributed by atoms with E-state index < -0.39 is 0 Å². The molecule has 2 nitrogen and oxygen atoms in total. The van der Waals surface area contributed by atoms with Gasteiger partial charge < -0.3 is 10.4 Å². The van der Waals surface area contributed by atoms with E-state index in [9.17, 15) is 0 Å². The fourth-order valence-electron chi connectivity index (χ4n) is 1.34. The topological polar surface area (TPSA) is 32.3 Å². The smallest absolute Gasteiger partial charge is 0.0556 e. The zero-order chi connectivity index (χ0) is 9.52. The number of aliphatic hydroxyl groups excluding tert-OH is 1. The maximum atomic E-state index is 8.68. The highest BCUT2D eigenvalue weighted by molar-refractivity contribution is 5.17. The van der Waals surface area contributed by atoms with Gasteiger partial charge >= 0.3 is 0 Å². The van der Waals surface area contributed by atoms with Crippen LogP contribution in [0.25, 0.3) is 0 Å². The van der Waals surface area contributed by atoms with E-state index in [0.717, 1.165) is 6.42 Å². The summed E-state index contributed by atoms with van der Waals surface area (Å²) in [6.07, 6.45) is 1.01. The zero-order valence-electron chi connectivity index (χ0n) is 7.96. The van der Waals surface area contributed by atoms with Crippen molar-refractivity contribution in [3.8, 4) is 0 Å². The van der Waals surface area contributed by atoms with Gasteiger partial charge in [0.15, 0.2) is 0 Å². The molecule has 13 heavy (non-hydrogen) atoms. The first-order valence-electron chi connectivity index (χ1n) is 4.69. The molecule has 1 unspecified atom stereocenters. The third-order valence-electron chi connectivity index (χ3n) is 2.02. The summed E-state index contributed by atoms with van der Waals surface area (Å²) in [7, 11) is 0. The lowest BCUT2D eigenvalue weighted by Gasteiger charge is -2.15. The van der Waals surface area contributed by atoms with Crippen LogP contribution in [-0.4, -0.2) is 18.3 Å². The van der Waals surface area contributed by atoms with Gasteiger partial charge in [0, 0.05) is 12.6 Å². The minimum Gasteiger partial charge on any atom is -0.395 e. The molecule has 2 heteroatoms. The monoisotopic (exact) mass is 178 g/mol. The van der Waals surface area contributed by atoms with Gasteiger partial charge in [-0.3, -0.25) is 0 Å². The molecule has 0 aromatic heterocycles. The van der Waals surface area contributed by atoms with Crippen molar-refractivity contribution in [1.29, 1.82) is 0 Å². The highest BCUT2D eigenvalue weighted by atomic mass is 16.3. The van der Waals surface area contributed by atoms with Crippen molar-refractivity contribution in [3.63, 3.8) is 0 Å². The highest BCUT2D eigenvalue weighted by Crippen LogP contribution is 2.14. The molecule has 1 aromatic carbocycles. The first-order valence-corrected chi connectivity index (χ1v) is 4.69. The van der Waals surface area contributed by atoms with Crippen LogP contribution in [0.1, 0.15) is 24.9 Å². The molecule has 1 rings (SSSR count). The van der Waals surface area contributed by atoms with Crippen LogP contribution in [0.3, 0.4) is 0 Å². The molecule has 0 spiro atoms. The summed E-state index contributed by atoms with van der Waals surface area (Å²) in [5.41, 5.74) is 1.17. The van der Waals surface area contributed by atoms with Gasteiger partial charge in [-0.2, -0.15) is 0 Å². The van der Waals surface area contributed by atoms with Crippen molar-refractivity contribution in [3.05, 3.63) is 35.9 Å². The van der Waals surface area contributed by atoms with Crippen LogP contribution in [-0.2, 0) is 0 Å². The molecule has 0 aliphatic rings. The molecule has 1 radical (unpaired) electrons. The number of benzene rings is 1. The summed E-state index contributed by atoms with van der Waals surface area (Å²) >= 11 is 0. The fraction of sp³-hybridized carbons (Fsp3) is 0.455. The minimum absolute atomic E-state index is 0.184. The molecule has 1 aromatic rings. The van der Waals surface area contributed by atoms with Crippen molar-refractivity contribution in [1.82, 2.24) is 5.32 Å². The average Bonchev–Trinajstić information content (AvgIpc) is 2.21. The van der Waals surface area contributed by atoms with E-state index in [2.05, 4.69) is 24.4 Å². The van der Waals surface area contributed by atoms with E-state index in [1.807, 2.05) is 18.2 Å². The van der Waals surface area contributed by atoms with E-state index in [-0.39, 0.29) is 6.61 Å². The van der Waals surface area contributed by atoms with Crippen LogP contribution in [0.15, 0.2) is 24.3 Å². The Bertz CT molecular complexity index is 223. The Morgan fingerprint density at radius 3 is 2.92 bits per heavy atom. The fourth-order valence-corrected chi connectivity index (χ4v) is 1.34. The van der Waals surface area contributed by atoms with E-state index in [0.29, 0.717) is 12.6 Å². The molecule has 0 heterocycles. The lowest BCUT2D eigenvalue weighted by Crippen LogP contribution is -2.23. The summed E-state index contributed by atoms with van der Waals surface area (Å²) in [6.45, 7) is 2.94. The predicted molar refractivity (Wildman–Crippen MR) is 53.4 cm³/mol. The number of aliphatic hydroxyl groups is 1. The van der Waals surface area contributed by atoms with Gasteiger partial charge in [-0.05, 0) is 18.1 Å². The summed E-state index contributed by atoms with van der Waals surface area (Å²) in [5.74, 6) is 0. The van der Waals surface area contributed by atoms with Crippen LogP contribution >= 0.6 is 0 Å².